The largest absolute Gasteiger partial charge is 0.399 e. The first kappa shape index (κ1) is 13.1. The van der Waals surface area contributed by atoms with Crippen LogP contribution >= 0.6 is 27.5 Å². The van der Waals surface area contributed by atoms with E-state index in [4.69, 9.17) is 21.9 Å². The number of hydrogen-bond donors (Lipinski definition) is 1. The molecule has 3 rings (SSSR count). The third-order valence-electron chi connectivity index (χ3n) is 2.76. The van der Waals surface area contributed by atoms with Crippen LogP contribution in [-0.4, -0.2) is 10.1 Å². The van der Waals surface area contributed by atoms with Crippen molar-refractivity contribution in [1.82, 2.24) is 10.1 Å². The summed E-state index contributed by atoms with van der Waals surface area (Å²) in [4.78, 5) is 4.37. The van der Waals surface area contributed by atoms with Gasteiger partial charge in [-0.2, -0.15) is 4.98 Å². The number of aromatic nitrogens is 2. The van der Waals surface area contributed by atoms with Crippen LogP contribution in [0.25, 0.3) is 22.8 Å². The number of hydrogen-bond acceptors (Lipinski definition) is 4. The fraction of sp³-hybridized carbons (Fsp3) is 0. The Morgan fingerprint density at radius 3 is 2.45 bits per heavy atom. The van der Waals surface area contributed by atoms with Gasteiger partial charge in [0.2, 0.25) is 5.82 Å². The average Bonchev–Trinajstić information content (AvgIpc) is 2.92. The molecule has 0 amide bonds. The molecule has 0 unspecified atom stereocenters. The molecule has 100 valence electrons. The fourth-order valence-electron chi connectivity index (χ4n) is 1.72. The van der Waals surface area contributed by atoms with E-state index in [1.54, 1.807) is 18.2 Å². The molecule has 2 aromatic carbocycles. The summed E-state index contributed by atoms with van der Waals surface area (Å²) in [5, 5.41) is 4.61. The Morgan fingerprint density at radius 2 is 1.75 bits per heavy atom. The summed E-state index contributed by atoms with van der Waals surface area (Å²) < 4.78 is 6.05. The van der Waals surface area contributed by atoms with Crippen LogP contribution in [0.2, 0.25) is 5.02 Å². The normalized spacial score (nSPS) is 10.7. The van der Waals surface area contributed by atoms with E-state index in [0.717, 1.165) is 15.6 Å². The molecule has 0 radical (unpaired) electrons. The van der Waals surface area contributed by atoms with E-state index >= 15 is 0 Å². The maximum absolute atomic E-state index is 5.96. The highest BCUT2D eigenvalue weighted by Gasteiger charge is 2.11. The lowest BCUT2D eigenvalue weighted by atomic mass is 10.2. The summed E-state index contributed by atoms with van der Waals surface area (Å²) in [7, 11) is 0. The zero-order valence-electron chi connectivity index (χ0n) is 10.2. The van der Waals surface area contributed by atoms with Gasteiger partial charge < -0.3 is 10.3 Å². The molecular weight excluding hydrogens is 342 g/mol. The first-order valence-corrected chi connectivity index (χ1v) is 6.95. The van der Waals surface area contributed by atoms with Gasteiger partial charge in [-0.3, -0.25) is 0 Å². The molecule has 0 saturated heterocycles. The number of nitrogens with zero attached hydrogens (tertiary/aromatic N) is 2. The zero-order valence-corrected chi connectivity index (χ0v) is 12.5. The molecule has 0 saturated carbocycles. The van der Waals surface area contributed by atoms with Gasteiger partial charge in [-0.15, -0.1) is 0 Å². The molecule has 4 nitrogen and oxygen atoms in total. The topological polar surface area (TPSA) is 64.9 Å². The van der Waals surface area contributed by atoms with Gasteiger partial charge in [0.1, 0.15) is 0 Å². The quantitative estimate of drug-likeness (QED) is 0.696. The van der Waals surface area contributed by atoms with Gasteiger partial charge in [0.25, 0.3) is 5.89 Å². The van der Waals surface area contributed by atoms with Gasteiger partial charge >= 0.3 is 0 Å². The van der Waals surface area contributed by atoms with E-state index in [1.165, 1.54) is 0 Å². The van der Waals surface area contributed by atoms with Crippen molar-refractivity contribution in [2.45, 2.75) is 0 Å². The minimum absolute atomic E-state index is 0.450. The maximum Gasteiger partial charge on any atom is 0.258 e. The number of halogens is 2. The van der Waals surface area contributed by atoms with Crippen LogP contribution in [0.3, 0.4) is 0 Å². The predicted octanol–water partition coefficient (Wildman–Crippen LogP) is 4.40. The SMILES string of the molecule is Nc1ccc(-c2nc(-c3ccc(Cl)c(Br)c3)no2)cc1. The van der Waals surface area contributed by atoms with Crippen molar-refractivity contribution in [2.75, 3.05) is 5.73 Å². The van der Waals surface area contributed by atoms with Gasteiger partial charge in [0, 0.05) is 21.3 Å². The highest BCUT2D eigenvalue weighted by Crippen LogP contribution is 2.28. The summed E-state index contributed by atoms with van der Waals surface area (Å²) in [5.74, 6) is 0.959. The molecule has 6 heteroatoms. The van der Waals surface area contributed by atoms with Crippen LogP contribution in [0.4, 0.5) is 5.69 Å². The third-order valence-corrected chi connectivity index (χ3v) is 3.98. The Labute approximate surface area is 128 Å². The van der Waals surface area contributed by atoms with Crippen molar-refractivity contribution in [3.63, 3.8) is 0 Å². The van der Waals surface area contributed by atoms with Crippen molar-refractivity contribution in [2.24, 2.45) is 0 Å². The Morgan fingerprint density at radius 1 is 1.05 bits per heavy atom. The standard InChI is InChI=1S/C14H9BrClN3O/c15-11-7-9(3-6-12(11)16)13-18-14(20-19-13)8-1-4-10(17)5-2-8/h1-7H,17H2. The molecule has 1 heterocycles. The fourth-order valence-corrected chi connectivity index (χ4v) is 2.22. The van der Waals surface area contributed by atoms with Crippen molar-refractivity contribution in [3.8, 4) is 22.8 Å². The molecular formula is C14H9BrClN3O. The lowest BCUT2D eigenvalue weighted by Gasteiger charge is -1.97. The highest BCUT2D eigenvalue weighted by atomic mass is 79.9. The number of rotatable bonds is 2. The second-order valence-corrected chi connectivity index (χ2v) is 5.44. The molecule has 0 aliphatic rings. The Hall–Kier alpha value is -1.85. The van der Waals surface area contributed by atoms with E-state index in [1.807, 2.05) is 24.3 Å². The van der Waals surface area contributed by atoms with Crippen LogP contribution in [0, 0.1) is 0 Å². The number of nitrogens with two attached hydrogens (primary N) is 1. The lowest BCUT2D eigenvalue weighted by Crippen LogP contribution is -1.84. The van der Waals surface area contributed by atoms with Crippen LogP contribution < -0.4 is 5.73 Å². The van der Waals surface area contributed by atoms with Gasteiger partial charge in [-0.1, -0.05) is 16.8 Å². The lowest BCUT2D eigenvalue weighted by molar-refractivity contribution is 0.432. The number of anilines is 1. The van der Waals surface area contributed by atoms with Crippen molar-refractivity contribution < 1.29 is 4.52 Å². The van der Waals surface area contributed by atoms with Gasteiger partial charge in [-0.05, 0) is 58.4 Å². The summed E-state index contributed by atoms with van der Waals surface area (Å²) in [6.07, 6.45) is 0. The van der Waals surface area contributed by atoms with E-state index in [2.05, 4.69) is 26.1 Å². The highest BCUT2D eigenvalue weighted by molar-refractivity contribution is 9.10. The van der Waals surface area contributed by atoms with Gasteiger partial charge in [-0.25, -0.2) is 0 Å². The van der Waals surface area contributed by atoms with E-state index in [9.17, 15) is 0 Å². The molecule has 20 heavy (non-hydrogen) atoms. The molecule has 1 aromatic heterocycles. The Kier molecular flexibility index (Phi) is 3.46. The summed E-state index contributed by atoms with van der Waals surface area (Å²) in [6, 6.07) is 12.7. The van der Waals surface area contributed by atoms with Crippen molar-refractivity contribution in [3.05, 3.63) is 52.0 Å². The first-order chi connectivity index (χ1) is 9.63. The smallest absolute Gasteiger partial charge is 0.258 e. The minimum atomic E-state index is 0.450. The molecule has 0 aliphatic heterocycles. The molecule has 0 atom stereocenters. The van der Waals surface area contributed by atoms with Crippen LogP contribution in [-0.2, 0) is 0 Å². The predicted molar refractivity (Wildman–Crippen MR) is 82.3 cm³/mol. The number of nitrogen functional groups attached to an aromatic ring is 1. The molecule has 2 N–H and O–H groups in total. The zero-order chi connectivity index (χ0) is 14.1. The first-order valence-electron chi connectivity index (χ1n) is 5.78. The van der Waals surface area contributed by atoms with Crippen molar-refractivity contribution in [1.29, 1.82) is 0 Å². The molecule has 0 fully saturated rings. The van der Waals surface area contributed by atoms with E-state index in [-0.39, 0.29) is 0 Å². The van der Waals surface area contributed by atoms with Crippen LogP contribution in [0.15, 0.2) is 51.5 Å². The summed E-state index contributed by atoms with van der Waals surface area (Å²) in [6.45, 7) is 0. The molecule has 0 bridgehead atoms. The average molecular weight is 351 g/mol. The molecule has 0 spiro atoms. The second kappa shape index (κ2) is 5.26. The monoisotopic (exact) mass is 349 g/mol. The van der Waals surface area contributed by atoms with Gasteiger partial charge in [0.05, 0.1) is 5.02 Å². The minimum Gasteiger partial charge on any atom is -0.399 e. The van der Waals surface area contributed by atoms with E-state index < -0.39 is 0 Å². The Balaban J connectivity index is 1.97. The van der Waals surface area contributed by atoms with Crippen molar-refractivity contribution >= 4 is 33.2 Å². The van der Waals surface area contributed by atoms with E-state index in [0.29, 0.717) is 22.4 Å². The second-order valence-electron chi connectivity index (χ2n) is 4.17. The summed E-state index contributed by atoms with van der Waals surface area (Å²) in [5.41, 5.74) is 7.99. The molecule has 3 aromatic rings. The third kappa shape index (κ3) is 2.55. The van der Waals surface area contributed by atoms with Crippen LogP contribution in [0.5, 0.6) is 0 Å². The van der Waals surface area contributed by atoms with Gasteiger partial charge in [0.15, 0.2) is 0 Å². The molecule has 0 aliphatic carbocycles. The Bertz CT molecular complexity index is 755. The summed E-state index contributed by atoms with van der Waals surface area (Å²) >= 11 is 9.33. The number of benzene rings is 2. The van der Waals surface area contributed by atoms with Crippen LogP contribution in [0.1, 0.15) is 0 Å². The maximum atomic E-state index is 5.96.